The SMILES string of the molecule is CC1(C)OB(c2ccc(F)c(CNC(=O)[C@@H]3C[C@@H](F)CN3S(=O)(=O)c3ccc(F)cc3)c2)OC1(C)C.FC(F)(F)c1cnc(Cl)cn1.O=C(NCc1cc(-c2cnc(C(F)(F)F)cn2)ccc1F)[C@@H]1C[C@@H](F)CN1S(=O)(=O)c1ccc(F)cc1. The van der Waals surface area contributed by atoms with Crippen LogP contribution in [0.3, 0.4) is 0 Å². The third-order valence-corrected chi connectivity index (χ3v) is 17.5. The Kier molecular flexibility index (Phi) is 19.6. The minimum atomic E-state index is -4.68. The summed E-state index contributed by atoms with van der Waals surface area (Å²) in [4.78, 5) is 38.4. The summed E-state index contributed by atoms with van der Waals surface area (Å²) >= 11 is 5.22. The van der Waals surface area contributed by atoms with Crippen LogP contribution >= 0.6 is 11.6 Å². The lowest BCUT2D eigenvalue weighted by molar-refractivity contribution is -0.142. The van der Waals surface area contributed by atoms with Crippen LogP contribution in [0.1, 0.15) is 63.1 Å². The van der Waals surface area contributed by atoms with Gasteiger partial charge in [-0.15, -0.1) is 0 Å². The van der Waals surface area contributed by atoms with Gasteiger partial charge in [0.15, 0.2) is 11.4 Å². The average Bonchev–Trinajstić information content (AvgIpc) is 4.29. The molecular formula is C52H48BClF12N8O8S2. The largest absolute Gasteiger partial charge is 0.494 e. The van der Waals surface area contributed by atoms with E-state index in [1.54, 1.807) is 0 Å². The first kappa shape index (κ1) is 64.8. The molecule has 9 rings (SSSR count). The molecule has 0 radical (unpaired) electrons. The Hall–Kier alpha value is -6.77. The lowest BCUT2D eigenvalue weighted by Gasteiger charge is -2.32. The summed E-state index contributed by atoms with van der Waals surface area (Å²) in [6.45, 7) is 5.79. The molecule has 2 N–H and O–H groups in total. The second kappa shape index (κ2) is 25.4. The zero-order valence-electron chi connectivity index (χ0n) is 44.2. The predicted molar refractivity (Wildman–Crippen MR) is 277 cm³/mol. The summed E-state index contributed by atoms with van der Waals surface area (Å²) in [6, 6.07) is 12.9. The molecule has 5 heterocycles. The minimum absolute atomic E-state index is 0.0215. The fourth-order valence-electron chi connectivity index (χ4n) is 8.41. The molecule has 84 heavy (non-hydrogen) atoms. The van der Waals surface area contributed by atoms with Crippen LogP contribution in [0, 0.1) is 23.3 Å². The van der Waals surface area contributed by atoms with Crippen molar-refractivity contribution in [2.75, 3.05) is 13.1 Å². The molecule has 4 aromatic carbocycles. The number of halogens is 13. The summed E-state index contributed by atoms with van der Waals surface area (Å²) in [5.74, 6) is -4.29. The zero-order chi connectivity index (χ0) is 61.9. The number of hydrogen-bond acceptors (Lipinski definition) is 12. The van der Waals surface area contributed by atoms with Gasteiger partial charge in [-0.05, 0) is 106 Å². The number of carbonyl (C=O) groups excluding carboxylic acids is 2. The van der Waals surface area contributed by atoms with Gasteiger partial charge in [0.2, 0.25) is 31.9 Å². The molecule has 3 fully saturated rings. The monoisotopic (exact) mass is 1250 g/mol. The maximum Gasteiger partial charge on any atom is 0.494 e. The molecule has 2 aromatic heterocycles. The molecule has 0 bridgehead atoms. The molecule has 6 aromatic rings. The Labute approximate surface area is 478 Å². The molecule has 3 aliphatic heterocycles. The molecule has 32 heteroatoms. The second-order valence-corrected chi connectivity index (χ2v) is 24.1. The number of amides is 2. The molecule has 450 valence electrons. The lowest BCUT2D eigenvalue weighted by Crippen LogP contribution is -2.45. The van der Waals surface area contributed by atoms with Gasteiger partial charge in [-0.1, -0.05) is 23.7 Å². The van der Waals surface area contributed by atoms with E-state index in [2.05, 4.69) is 30.6 Å². The number of hydrogen-bond donors (Lipinski definition) is 2. The molecule has 4 atom stereocenters. The Morgan fingerprint density at radius 3 is 1.43 bits per heavy atom. The van der Waals surface area contributed by atoms with Gasteiger partial charge in [0.25, 0.3) is 0 Å². The van der Waals surface area contributed by atoms with Crippen LogP contribution < -0.4 is 16.1 Å². The third kappa shape index (κ3) is 15.4. The van der Waals surface area contributed by atoms with Crippen molar-refractivity contribution in [3.05, 3.63) is 161 Å². The number of benzene rings is 4. The van der Waals surface area contributed by atoms with Crippen molar-refractivity contribution < 1.29 is 88.4 Å². The molecular weight excluding hydrogens is 1200 g/mol. The van der Waals surface area contributed by atoms with Crippen LogP contribution in [0.2, 0.25) is 5.15 Å². The topological polar surface area (TPSA) is 203 Å². The van der Waals surface area contributed by atoms with Crippen molar-refractivity contribution in [2.24, 2.45) is 0 Å². The molecule has 0 spiro atoms. The van der Waals surface area contributed by atoms with Crippen molar-refractivity contribution in [3.8, 4) is 11.3 Å². The highest BCUT2D eigenvalue weighted by Gasteiger charge is 2.52. The van der Waals surface area contributed by atoms with Crippen molar-refractivity contribution in [3.63, 3.8) is 0 Å². The second-order valence-electron chi connectivity index (χ2n) is 19.9. The molecule has 2 amide bonds. The van der Waals surface area contributed by atoms with E-state index in [0.717, 1.165) is 71.3 Å². The van der Waals surface area contributed by atoms with Gasteiger partial charge in [0.05, 0.1) is 51.5 Å². The number of nitrogens with one attached hydrogen (secondary N) is 2. The van der Waals surface area contributed by atoms with Crippen LogP contribution in [0.5, 0.6) is 0 Å². The van der Waals surface area contributed by atoms with E-state index in [1.807, 2.05) is 27.7 Å². The molecule has 3 saturated heterocycles. The van der Waals surface area contributed by atoms with E-state index in [1.165, 1.54) is 30.3 Å². The van der Waals surface area contributed by atoms with E-state index < -0.39 is 148 Å². The minimum Gasteiger partial charge on any atom is -0.399 e. The number of aromatic nitrogens is 4. The molecule has 16 nitrogen and oxygen atoms in total. The fourth-order valence-corrected chi connectivity index (χ4v) is 11.8. The highest BCUT2D eigenvalue weighted by molar-refractivity contribution is 7.89. The Bertz CT molecular complexity index is 3550. The van der Waals surface area contributed by atoms with E-state index in [9.17, 15) is 79.1 Å². The quantitative estimate of drug-likeness (QED) is 0.0873. The molecule has 0 aliphatic carbocycles. The summed E-state index contributed by atoms with van der Waals surface area (Å²) < 4.78 is 223. The number of rotatable bonds is 12. The molecule has 0 unspecified atom stereocenters. The Morgan fingerprint density at radius 1 is 0.607 bits per heavy atom. The molecule has 0 saturated carbocycles. The number of sulfonamides is 2. The van der Waals surface area contributed by atoms with Crippen LogP contribution in [0.15, 0.2) is 120 Å². The van der Waals surface area contributed by atoms with Gasteiger partial charge in [0, 0.05) is 55.7 Å². The van der Waals surface area contributed by atoms with Gasteiger partial charge >= 0.3 is 19.5 Å². The fraction of sp³-hybridized carbons (Fsp3) is 0.346. The van der Waals surface area contributed by atoms with Gasteiger partial charge in [0.1, 0.15) is 52.8 Å². The van der Waals surface area contributed by atoms with E-state index in [0.29, 0.717) is 22.2 Å². The maximum atomic E-state index is 14.5. The van der Waals surface area contributed by atoms with Crippen molar-refractivity contribution >= 4 is 56.0 Å². The van der Waals surface area contributed by atoms with E-state index in [-0.39, 0.29) is 50.3 Å². The zero-order valence-corrected chi connectivity index (χ0v) is 46.6. The van der Waals surface area contributed by atoms with Crippen LogP contribution in [0.4, 0.5) is 52.7 Å². The lowest BCUT2D eigenvalue weighted by atomic mass is 9.78. The number of carbonyl (C=O) groups is 2. The van der Waals surface area contributed by atoms with Gasteiger partial charge < -0.3 is 19.9 Å². The average molecular weight is 1250 g/mol. The summed E-state index contributed by atoms with van der Waals surface area (Å²) in [7, 11) is -9.32. The maximum absolute atomic E-state index is 14.5. The molecule has 3 aliphatic rings. The van der Waals surface area contributed by atoms with Gasteiger partial charge in [-0.3, -0.25) is 14.6 Å². The first-order chi connectivity index (χ1) is 39.1. The Balaban J connectivity index is 0.000000204. The number of alkyl halides is 8. The highest BCUT2D eigenvalue weighted by atomic mass is 35.5. The van der Waals surface area contributed by atoms with Gasteiger partial charge in [-0.2, -0.15) is 35.0 Å². The van der Waals surface area contributed by atoms with Crippen molar-refractivity contribution in [1.82, 2.24) is 39.2 Å². The first-order valence-electron chi connectivity index (χ1n) is 24.8. The van der Waals surface area contributed by atoms with Crippen LogP contribution in [0.25, 0.3) is 11.3 Å². The summed E-state index contributed by atoms with van der Waals surface area (Å²) in [5, 5.41) is 4.84. The summed E-state index contributed by atoms with van der Waals surface area (Å²) in [6.07, 6.45) is -10.3. The first-order valence-corrected chi connectivity index (χ1v) is 28.1. The predicted octanol–water partition coefficient (Wildman–Crippen LogP) is 8.69. The third-order valence-electron chi connectivity index (χ3n) is 13.6. The van der Waals surface area contributed by atoms with E-state index >= 15 is 0 Å². The van der Waals surface area contributed by atoms with Crippen molar-refractivity contribution in [1.29, 1.82) is 0 Å². The highest BCUT2D eigenvalue weighted by Crippen LogP contribution is 2.37. The Morgan fingerprint density at radius 2 is 1.02 bits per heavy atom. The van der Waals surface area contributed by atoms with Crippen molar-refractivity contribution in [2.45, 2.75) is 111 Å². The van der Waals surface area contributed by atoms with E-state index in [4.69, 9.17) is 20.9 Å². The number of nitrogens with zero attached hydrogens (tertiary/aromatic N) is 6. The summed E-state index contributed by atoms with van der Waals surface area (Å²) in [5.41, 5.74) is -2.56. The van der Waals surface area contributed by atoms with Gasteiger partial charge in [-0.25, -0.2) is 58.1 Å². The van der Waals surface area contributed by atoms with Crippen LogP contribution in [-0.2, 0) is 64.4 Å². The van der Waals surface area contributed by atoms with Crippen LogP contribution in [-0.4, -0.2) is 113 Å². The normalized spacial score (nSPS) is 19.9. The standard InChI is InChI=1S/C24H28BF3N2O5S.C23H18F6N4O3S.C5H2ClF3N2/c1-23(2)24(3,4)35-25(34-23)16-5-10-20(28)15(11-16)13-29-22(31)21-12-18(27)14-30(21)36(32,33)19-8-6-17(26)7-9-19;24-15-2-4-17(5-3-15)37(35,36)33-12-16(25)8-20(33)22(34)32-9-14-7-13(1-6-18(14)26)19-10-31-21(11-30-19)23(27,28)29;6-4-2-10-3(1-11-4)5(7,8)9/h5-11,18,21H,12-14H2,1-4H3,(H,29,31);1-7,10-11,16,20H,8-9,12H2,(H,32,34);1-2H/t18-,21+;16-,20+;/m11./s1. The smallest absolute Gasteiger partial charge is 0.399 e.